The zero-order valence-electron chi connectivity index (χ0n) is 12.6. The van der Waals surface area contributed by atoms with Gasteiger partial charge in [-0.25, -0.2) is 4.39 Å². The van der Waals surface area contributed by atoms with Gasteiger partial charge in [0.25, 0.3) is 0 Å². The van der Waals surface area contributed by atoms with E-state index in [1.165, 1.54) is 0 Å². The van der Waals surface area contributed by atoms with Gasteiger partial charge in [-0.1, -0.05) is 11.8 Å². The first-order valence-electron chi connectivity index (χ1n) is 7.07. The van der Waals surface area contributed by atoms with Gasteiger partial charge in [-0.2, -0.15) is 26.3 Å². The zero-order chi connectivity index (χ0) is 19.9. The monoisotopic (exact) mass is 534 g/mol. The maximum Gasteiger partial charge on any atom is 0.441 e. The van der Waals surface area contributed by atoms with E-state index in [1.54, 1.807) is 0 Å². The van der Waals surface area contributed by atoms with Crippen LogP contribution < -0.4 is 0 Å². The fraction of sp³-hybridized carbons (Fsp3) is 0.571. The van der Waals surface area contributed by atoms with E-state index < -0.39 is 39.8 Å². The predicted octanol–water partition coefficient (Wildman–Crippen LogP) is 6.38. The smallest absolute Gasteiger partial charge is 0.441 e. The van der Waals surface area contributed by atoms with Gasteiger partial charge in [0, 0.05) is 18.1 Å². The van der Waals surface area contributed by atoms with Crippen molar-refractivity contribution in [2.24, 2.45) is 5.92 Å². The lowest BCUT2D eigenvalue weighted by Gasteiger charge is -2.30. The Hall–Kier alpha value is -0.200. The summed E-state index contributed by atoms with van der Waals surface area (Å²) in [5.41, 5.74) is -0.0401. The third-order valence-corrected chi connectivity index (χ3v) is 6.54. The quantitative estimate of drug-likeness (QED) is 0.358. The molecule has 1 atom stereocenters. The molecule has 1 saturated heterocycles. The highest BCUT2D eigenvalue weighted by Gasteiger charge is 2.73. The Bertz CT molecular complexity index is 659. The van der Waals surface area contributed by atoms with Crippen molar-refractivity contribution >= 4 is 43.6 Å². The Morgan fingerprint density at radius 3 is 2.15 bits per heavy atom. The number of ether oxygens (including phenoxy) is 1. The second-order valence-corrected chi connectivity index (χ2v) is 8.48. The summed E-state index contributed by atoms with van der Waals surface area (Å²) >= 11 is 4.85. The van der Waals surface area contributed by atoms with Crippen molar-refractivity contribution in [2.45, 2.75) is 35.1 Å². The van der Waals surface area contributed by atoms with Crippen LogP contribution in [0.15, 0.2) is 19.9 Å². The molecule has 1 aliphatic heterocycles. The molecular formula is C14H11Br2F7O2S. The minimum absolute atomic E-state index is 0.0234. The second kappa shape index (κ2) is 7.67. The molecule has 1 aromatic rings. The van der Waals surface area contributed by atoms with Crippen molar-refractivity contribution in [3.05, 3.63) is 20.6 Å². The minimum Gasteiger partial charge on any atom is -0.506 e. The molecule has 26 heavy (non-hydrogen) atoms. The summed E-state index contributed by atoms with van der Waals surface area (Å²) in [5, 5.41) is 4.44. The van der Waals surface area contributed by atoms with Crippen LogP contribution in [0.4, 0.5) is 30.7 Å². The Kier molecular flexibility index (Phi) is 6.52. The number of hydrogen-bond acceptors (Lipinski definition) is 3. The van der Waals surface area contributed by atoms with Crippen molar-refractivity contribution < 1.29 is 40.6 Å². The number of halogens is 9. The molecule has 1 N–H and O–H groups in total. The molecule has 0 radical (unpaired) electrons. The average molecular weight is 536 g/mol. The number of alkyl halides is 7. The Morgan fingerprint density at radius 2 is 1.69 bits per heavy atom. The first-order chi connectivity index (χ1) is 11.8. The Labute approximate surface area is 164 Å². The highest BCUT2D eigenvalue weighted by Crippen LogP contribution is 2.57. The first-order valence-corrected chi connectivity index (χ1v) is 9.47. The van der Waals surface area contributed by atoms with Crippen molar-refractivity contribution in [2.75, 3.05) is 13.2 Å². The third-order valence-electron chi connectivity index (χ3n) is 3.75. The SMILES string of the molecule is Oc1c(Br)cc(SC(F)(C(F)(F)F)C(F)(F)F)c(CC2CCOC2)c1Br. The van der Waals surface area contributed by atoms with Gasteiger partial charge >= 0.3 is 17.4 Å². The van der Waals surface area contributed by atoms with Crippen LogP contribution in [0, 0.1) is 5.92 Å². The zero-order valence-corrected chi connectivity index (χ0v) is 16.6. The van der Waals surface area contributed by atoms with E-state index in [0.717, 1.165) is 6.07 Å². The maximum atomic E-state index is 14.1. The average Bonchev–Trinajstić information content (AvgIpc) is 2.99. The fourth-order valence-electron chi connectivity index (χ4n) is 2.37. The molecule has 2 rings (SSSR count). The van der Waals surface area contributed by atoms with Crippen LogP contribution in [-0.4, -0.2) is 35.7 Å². The number of aromatic hydroxyl groups is 1. The first kappa shape index (κ1) is 22.1. The normalized spacial score (nSPS) is 19.2. The molecular weight excluding hydrogens is 525 g/mol. The number of rotatable bonds is 4. The molecule has 0 saturated carbocycles. The van der Waals surface area contributed by atoms with Crippen LogP contribution in [0.2, 0.25) is 0 Å². The molecule has 0 aliphatic carbocycles. The molecule has 1 aromatic carbocycles. The second-order valence-electron chi connectivity index (χ2n) is 5.62. The summed E-state index contributed by atoms with van der Waals surface area (Å²) in [4.78, 5) is -0.578. The summed E-state index contributed by atoms with van der Waals surface area (Å²) in [7, 11) is 0. The molecule has 1 aliphatic rings. The van der Waals surface area contributed by atoms with Crippen LogP contribution in [0.1, 0.15) is 12.0 Å². The number of phenols is 1. The van der Waals surface area contributed by atoms with Gasteiger partial charge in [0.2, 0.25) is 0 Å². The van der Waals surface area contributed by atoms with Gasteiger partial charge in [0.15, 0.2) is 0 Å². The van der Waals surface area contributed by atoms with Gasteiger partial charge < -0.3 is 9.84 Å². The molecule has 148 valence electrons. The molecule has 0 aromatic heterocycles. The van der Waals surface area contributed by atoms with Crippen molar-refractivity contribution in [1.82, 2.24) is 0 Å². The molecule has 1 heterocycles. The number of thioether (sulfide) groups is 1. The van der Waals surface area contributed by atoms with E-state index in [1.807, 2.05) is 0 Å². The lowest BCUT2D eigenvalue weighted by molar-refractivity contribution is -0.302. The van der Waals surface area contributed by atoms with Crippen LogP contribution >= 0.6 is 43.6 Å². The van der Waals surface area contributed by atoms with Gasteiger partial charge in [-0.05, 0) is 62.2 Å². The van der Waals surface area contributed by atoms with E-state index in [-0.39, 0.29) is 33.5 Å². The summed E-state index contributed by atoms with van der Waals surface area (Å²) in [6.45, 7) is 0.679. The van der Waals surface area contributed by atoms with Gasteiger partial charge in [-0.15, -0.1) is 0 Å². The topological polar surface area (TPSA) is 29.5 Å². The van der Waals surface area contributed by atoms with Crippen LogP contribution in [0.3, 0.4) is 0 Å². The van der Waals surface area contributed by atoms with Crippen LogP contribution in [0.25, 0.3) is 0 Å². The number of benzene rings is 1. The maximum absolute atomic E-state index is 14.1. The van der Waals surface area contributed by atoms with E-state index in [2.05, 4.69) is 31.9 Å². The largest absolute Gasteiger partial charge is 0.506 e. The highest BCUT2D eigenvalue weighted by molar-refractivity contribution is 9.11. The lowest BCUT2D eigenvalue weighted by atomic mass is 9.98. The van der Waals surface area contributed by atoms with E-state index in [4.69, 9.17) is 4.74 Å². The molecule has 0 spiro atoms. The van der Waals surface area contributed by atoms with Crippen LogP contribution in [0.5, 0.6) is 5.75 Å². The Morgan fingerprint density at radius 1 is 1.12 bits per heavy atom. The van der Waals surface area contributed by atoms with Gasteiger partial charge in [0.05, 0.1) is 8.95 Å². The summed E-state index contributed by atoms with van der Waals surface area (Å²) in [5.74, 6) is -0.566. The standard InChI is InChI=1S/C14H11Br2F7O2S/c15-8-4-9(26-12(17,13(18,19)20)14(21,22)23)7(10(16)11(8)24)3-6-1-2-25-5-6/h4,6,24H,1-3,5H2. The van der Waals surface area contributed by atoms with E-state index in [9.17, 15) is 35.8 Å². The van der Waals surface area contributed by atoms with Crippen molar-refractivity contribution in [1.29, 1.82) is 0 Å². The number of hydrogen-bond donors (Lipinski definition) is 1. The van der Waals surface area contributed by atoms with Crippen molar-refractivity contribution in [3.8, 4) is 5.75 Å². The Balaban J connectivity index is 2.53. The predicted molar refractivity (Wildman–Crippen MR) is 87.9 cm³/mol. The van der Waals surface area contributed by atoms with E-state index >= 15 is 0 Å². The minimum atomic E-state index is -6.18. The van der Waals surface area contributed by atoms with E-state index in [0.29, 0.717) is 13.0 Å². The van der Waals surface area contributed by atoms with Crippen LogP contribution in [-0.2, 0) is 11.2 Å². The molecule has 1 unspecified atom stereocenters. The number of phenolic OH excluding ortho intramolecular Hbond substituents is 1. The summed E-state index contributed by atoms with van der Waals surface area (Å²) < 4.78 is 96.4. The molecule has 1 fully saturated rings. The molecule has 0 amide bonds. The molecule has 2 nitrogen and oxygen atoms in total. The molecule has 0 bridgehead atoms. The summed E-state index contributed by atoms with van der Waals surface area (Å²) in [6.07, 6.45) is -11.8. The fourth-order valence-corrected chi connectivity index (χ4v) is 4.95. The lowest BCUT2D eigenvalue weighted by Crippen LogP contribution is -2.50. The van der Waals surface area contributed by atoms with Gasteiger partial charge in [-0.3, -0.25) is 0 Å². The van der Waals surface area contributed by atoms with Crippen molar-refractivity contribution in [3.63, 3.8) is 0 Å². The molecule has 12 heteroatoms. The summed E-state index contributed by atoms with van der Waals surface area (Å²) in [6, 6.07) is 0.849. The third kappa shape index (κ3) is 4.27. The van der Waals surface area contributed by atoms with Gasteiger partial charge in [0.1, 0.15) is 5.75 Å². The highest BCUT2D eigenvalue weighted by atomic mass is 79.9.